The third-order valence-corrected chi connectivity index (χ3v) is 4.62. The van der Waals surface area contributed by atoms with E-state index in [9.17, 15) is 14.4 Å². The van der Waals surface area contributed by atoms with Gasteiger partial charge in [0.15, 0.2) is 0 Å². The molecule has 0 spiro atoms. The van der Waals surface area contributed by atoms with Crippen LogP contribution >= 0.6 is 0 Å². The molecular weight excluding hydrogens is 408 g/mol. The lowest BCUT2D eigenvalue weighted by atomic mass is 10.0. The number of amides is 2. The van der Waals surface area contributed by atoms with E-state index in [4.69, 9.17) is 15.2 Å². The summed E-state index contributed by atoms with van der Waals surface area (Å²) in [6.45, 7) is 1.72. The summed E-state index contributed by atoms with van der Waals surface area (Å²) in [4.78, 5) is 35.6. The zero-order valence-electron chi connectivity index (χ0n) is 17.6. The van der Waals surface area contributed by atoms with Crippen molar-refractivity contribution in [1.29, 1.82) is 0 Å². The molecule has 7 heteroatoms. The molecule has 0 aliphatic rings. The first-order chi connectivity index (χ1) is 15.4. The molecule has 0 fully saturated rings. The van der Waals surface area contributed by atoms with Crippen LogP contribution < -0.4 is 20.5 Å². The number of esters is 1. The number of hydrogen-bond acceptors (Lipinski definition) is 5. The van der Waals surface area contributed by atoms with Crippen LogP contribution in [0.3, 0.4) is 0 Å². The Morgan fingerprint density at radius 3 is 2.25 bits per heavy atom. The van der Waals surface area contributed by atoms with Crippen LogP contribution in [-0.2, 0) is 22.6 Å². The van der Waals surface area contributed by atoms with Crippen molar-refractivity contribution in [2.45, 2.75) is 26.0 Å². The van der Waals surface area contributed by atoms with Gasteiger partial charge in [-0.15, -0.1) is 0 Å². The molecule has 3 aromatic carbocycles. The molecule has 0 heterocycles. The maximum Gasteiger partial charge on any atom is 0.308 e. The van der Waals surface area contributed by atoms with Crippen molar-refractivity contribution >= 4 is 17.8 Å². The van der Waals surface area contributed by atoms with E-state index < -0.39 is 23.8 Å². The van der Waals surface area contributed by atoms with Gasteiger partial charge in [0.1, 0.15) is 24.1 Å². The summed E-state index contributed by atoms with van der Waals surface area (Å²) in [5.41, 5.74) is 7.63. The maximum absolute atomic E-state index is 12.6. The fourth-order valence-corrected chi connectivity index (χ4v) is 3.03. The van der Waals surface area contributed by atoms with Crippen LogP contribution in [0.25, 0.3) is 0 Å². The molecule has 0 bridgehead atoms. The molecule has 7 nitrogen and oxygen atoms in total. The summed E-state index contributed by atoms with van der Waals surface area (Å²) in [6.07, 6.45) is 0.226. The van der Waals surface area contributed by atoms with Crippen LogP contribution in [-0.4, -0.2) is 23.8 Å². The zero-order valence-corrected chi connectivity index (χ0v) is 17.6. The Morgan fingerprint density at radius 2 is 1.59 bits per heavy atom. The molecule has 3 aromatic rings. The van der Waals surface area contributed by atoms with E-state index in [0.717, 1.165) is 11.1 Å². The van der Waals surface area contributed by atoms with Crippen LogP contribution in [0, 0.1) is 0 Å². The van der Waals surface area contributed by atoms with Gasteiger partial charge in [0, 0.05) is 18.9 Å². The van der Waals surface area contributed by atoms with Gasteiger partial charge in [0.2, 0.25) is 5.91 Å². The number of carbonyl (C=O) groups is 3. The largest absolute Gasteiger partial charge is 0.489 e. The van der Waals surface area contributed by atoms with E-state index >= 15 is 0 Å². The van der Waals surface area contributed by atoms with Crippen LogP contribution in [0.4, 0.5) is 0 Å². The van der Waals surface area contributed by atoms with Crippen molar-refractivity contribution in [3.05, 3.63) is 95.6 Å². The number of hydrogen-bond donors (Lipinski definition) is 2. The Kier molecular flexibility index (Phi) is 7.59. The van der Waals surface area contributed by atoms with Crippen LogP contribution in [0.15, 0.2) is 78.9 Å². The van der Waals surface area contributed by atoms with Crippen LogP contribution in [0.5, 0.6) is 11.5 Å². The van der Waals surface area contributed by atoms with Crippen molar-refractivity contribution < 1.29 is 23.9 Å². The first kappa shape index (κ1) is 22.6. The second-order valence-electron chi connectivity index (χ2n) is 7.17. The summed E-state index contributed by atoms with van der Waals surface area (Å²) in [6, 6.07) is 22.3. The SMILES string of the molecule is CC(=O)Oc1cccc(C(=O)N[C@H](Cc2ccc(OCc3ccccc3)cc2)C(N)=O)c1. The Labute approximate surface area is 186 Å². The summed E-state index contributed by atoms with van der Waals surface area (Å²) in [5.74, 6) is -0.704. The number of primary amides is 1. The number of ether oxygens (including phenoxy) is 2. The second-order valence-corrected chi connectivity index (χ2v) is 7.17. The molecule has 0 radical (unpaired) electrons. The number of carbonyl (C=O) groups excluding carboxylic acids is 3. The molecule has 3 rings (SSSR count). The van der Waals surface area contributed by atoms with Gasteiger partial charge < -0.3 is 20.5 Å². The number of benzene rings is 3. The second kappa shape index (κ2) is 10.8. The van der Waals surface area contributed by atoms with Gasteiger partial charge in [-0.05, 0) is 41.5 Å². The lowest BCUT2D eigenvalue weighted by Crippen LogP contribution is -2.45. The molecule has 164 valence electrons. The molecule has 0 saturated carbocycles. The third-order valence-electron chi connectivity index (χ3n) is 4.62. The minimum atomic E-state index is -0.907. The Morgan fingerprint density at radius 1 is 0.875 bits per heavy atom. The minimum absolute atomic E-state index is 0.226. The third kappa shape index (κ3) is 6.70. The van der Waals surface area contributed by atoms with Gasteiger partial charge >= 0.3 is 5.97 Å². The topological polar surface area (TPSA) is 108 Å². The average molecular weight is 432 g/mol. The Balaban J connectivity index is 1.60. The van der Waals surface area contributed by atoms with Gasteiger partial charge in [0.25, 0.3) is 5.91 Å². The van der Waals surface area contributed by atoms with E-state index in [1.54, 1.807) is 30.3 Å². The van der Waals surface area contributed by atoms with Crippen molar-refractivity contribution in [1.82, 2.24) is 5.32 Å². The summed E-state index contributed by atoms with van der Waals surface area (Å²) in [5, 5.41) is 2.64. The number of nitrogens with two attached hydrogens (primary N) is 1. The fraction of sp³-hybridized carbons (Fsp3) is 0.160. The van der Waals surface area contributed by atoms with Gasteiger partial charge in [-0.3, -0.25) is 14.4 Å². The summed E-state index contributed by atoms with van der Waals surface area (Å²) < 4.78 is 10.8. The van der Waals surface area contributed by atoms with Gasteiger partial charge in [0.05, 0.1) is 0 Å². The summed E-state index contributed by atoms with van der Waals surface area (Å²) in [7, 11) is 0. The zero-order chi connectivity index (χ0) is 22.9. The van der Waals surface area contributed by atoms with Crippen molar-refractivity contribution in [2.75, 3.05) is 0 Å². The number of nitrogens with one attached hydrogen (secondary N) is 1. The molecule has 1 atom stereocenters. The monoisotopic (exact) mass is 432 g/mol. The van der Waals surface area contributed by atoms with E-state index in [1.807, 2.05) is 42.5 Å². The molecule has 2 amide bonds. The Bertz CT molecular complexity index is 1080. The molecular formula is C25H24N2O5. The highest BCUT2D eigenvalue weighted by molar-refractivity contribution is 5.97. The van der Waals surface area contributed by atoms with Crippen LogP contribution in [0.1, 0.15) is 28.4 Å². The van der Waals surface area contributed by atoms with E-state index in [2.05, 4.69) is 5.32 Å². The van der Waals surface area contributed by atoms with E-state index in [-0.39, 0.29) is 17.7 Å². The lowest BCUT2D eigenvalue weighted by Gasteiger charge is -2.16. The molecule has 32 heavy (non-hydrogen) atoms. The van der Waals surface area contributed by atoms with Crippen LogP contribution in [0.2, 0.25) is 0 Å². The molecule has 0 saturated heterocycles. The maximum atomic E-state index is 12.6. The quantitative estimate of drug-likeness (QED) is 0.399. The molecule has 0 aromatic heterocycles. The molecule has 0 unspecified atom stereocenters. The van der Waals surface area contributed by atoms with E-state index in [1.165, 1.54) is 13.0 Å². The summed E-state index contributed by atoms with van der Waals surface area (Å²) >= 11 is 0. The standard InChI is InChI=1S/C25H24N2O5/c1-17(28)32-22-9-5-8-20(15-22)25(30)27-23(24(26)29)14-18-10-12-21(13-11-18)31-16-19-6-3-2-4-7-19/h2-13,15,23H,14,16H2,1H3,(H2,26,29)(H,27,30)/t23-/m1/s1. The van der Waals surface area contributed by atoms with E-state index in [0.29, 0.717) is 12.4 Å². The predicted octanol–water partition coefficient (Wildman–Crippen LogP) is 3.02. The first-order valence-corrected chi connectivity index (χ1v) is 10.0. The average Bonchev–Trinajstić information content (AvgIpc) is 2.78. The van der Waals surface area contributed by atoms with Gasteiger partial charge in [-0.1, -0.05) is 48.5 Å². The fourth-order valence-electron chi connectivity index (χ4n) is 3.03. The smallest absolute Gasteiger partial charge is 0.308 e. The highest BCUT2D eigenvalue weighted by atomic mass is 16.5. The first-order valence-electron chi connectivity index (χ1n) is 10.0. The van der Waals surface area contributed by atoms with Gasteiger partial charge in [-0.25, -0.2) is 0 Å². The van der Waals surface area contributed by atoms with Crippen molar-refractivity contribution in [3.8, 4) is 11.5 Å². The molecule has 3 N–H and O–H groups in total. The highest BCUT2D eigenvalue weighted by Crippen LogP contribution is 2.17. The van der Waals surface area contributed by atoms with Gasteiger partial charge in [-0.2, -0.15) is 0 Å². The highest BCUT2D eigenvalue weighted by Gasteiger charge is 2.20. The number of rotatable bonds is 9. The Hall–Kier alpha value is -4.13. The van der Waals surface area contributed by atoms with Crippen molar-refractivity contribution in [2.24, 2.45) is 5.73 Å². The normalized spacial score (nSPS) is 11.3. The minimum Gasteiger partial charge on any atom is -0.489 e. The lowest BCUT2D eigenvalue weighted by molar-refractivity contribution is -0.131. The molecule has 0 aliphatic heterocycles. The molecule has 0 aliphatic carbocycles. The van der Waals surface area contributed by atoms with Crippen molar-refractivity contribution in [3.63, 3.8) is 0 Å². The predicted molar refractivity (Wildman–Crippen MR) is 119 cm³/mol.